The molecular weight excluding hydrogens is 282 g/mol. The normalized spacial score (nSPS) is 16.3. The van der Waals surface area contributed by atoms with Crippen molar-refractivity contribution in [3.63, 3.8) is 0 Å². The Hall–Kier alpha value is -1.43. The quantitative estimate of drug-likeness (QED) is 0.869. The zero-order valence-corrected chi connectivity index (χ0v) is 13.4. The minimum atomic E-state index is 0.848. The summed E-state index contributed by atoms with van der Waals surface area (Å²) in [5.41, 5.74) is 3.70. The largest absolute Gasteiger partial charge is 0.370 e. The Morgan fingerprint density at radius 3 is 2.67 bits per heavy atom. The molecule has 5 heteroatoms. The number of hydrogen-bond acceptors (Lipinski definition) is 2. The van der Waals surface area contributed by atoms with Gasteiger partial charge in [0.25, 0.3) is 0 Å². The first kappa shape index (κ1) is 14.5. The van der Waals surface area contributed by atoms with Crippen molar-refractivity contribution in [3.05, 3.63) is 46.5 Å². The van der Waals surface area contributed by atoms with Gasteiger partial charge in [-0.05, 0) is 37.7 Å². The van der Waals surface area contributed by atoms with Crippen LogP contribution in [-0.2, 0) is 11.4 Å². The van der Waals surface area contributed by atoms with E-state index in [0.717, 1.165) is 37.7 Å². The molecule has 0 atom stereocenters. The molecule has 3 rings (SSSR count). The topological polar surface area (TPSA) is 23.5 Å². The van der Waals surface area contributed by atoms with Crippen molar-refractivity contribution in [2.75, 3.05) is 26.3 Å². The van der Waals surface area contributed by atoms with E-state index in [0.29, 0.717) is 0 Å². The summed E-state index contributed by atoms with van der Waals surface area (Å²) in [6.45, 7) is 8.96. The Bertz CT molecular complexity index is 683. The van der Waals surface area contributed by atoms with Gasteiger partial charge in [-0.1, -0.05) is 17.7 Å². The molecule has 112 valence electrons. The van der Waals surface area contributed by atoms with Crippen molar-refractivity contribution in [1.29, 1.82) is 0 Å². The number of quaternary nitrogens is 1. The highest BCUT2D eigenvalue weighted by Gasteiger charge is 2.15. The average Bonchev–Trinajstić information content (AvgIpc) is 2.82. The molecule has 0 unspecified atom stereocenters. The predicted octanol–water partition coefficient (Wildman–Crippen LogP) is 1.50. The molecule has 1 aromatic heterocycles. The van der Waals surface area contributed by atoms with Gasteiger partial charge in [0.2, 0.25) is 0 Å². The first-order chi connectivity index (χ1) is 10.1. The van der Waals surface area contributed by atoms with Crippen molar-refractivity contribution in [2.24, 2.45) is 0 Å². The minimum absolute atomic E-state index is 0.848. The van der Waals surface area contributed by atoms with Crippen LogP contribution in [0.5, 0.6) is 0 Å². The fourth-order valence-electron chi connectivity index (χ4n) is 2.85. The number of aromatic nitrogens is 2. The summed E-state index contributed by atoms with van der Waals surface area (Å²) >= 11 is 5.65. The Kier molecular flexibility index (Phi) is 4.24. The van der Waals surface area contributed by atoms with Crippen LogP contribution in [0.25, 0.3) is 5.69 Å². The number of rotatable bonds is 3. The number of morpholine rings is 1. The Morgan fingerprint density at radius 2 is 1.95 bits per heavy atom. The summed E-state index contributed by atoms with van der Waals surface area (Å²) in [5, 5.41) is 0. The lowest BCUT2D eigenvalue weighted by atomic mass is 10.1. The molecule has 1 fully saturated rings. The van der Waals surface area contributed by atoms with Gasteiger partial charge in [-0.2, -0.15) is 0 Å². The summed E-state index contributed by atoms with van der Waals surface area (Å²) in [5.74, 6) is 0. The number of aryl methyl sites for hydroxylation is 2. The fourth-order valence-corrected chi connectivity index (χ4v) is 3.14. The Labute approximate surface area is 130 Å². The zero-order chi connectivity index (χ0) is 14.8. The maximum atomic E-state index is 5.65. The number of nitrogens with zero attached hydrogens (tertiary/aromatic N) is 2. The molecule has 0 amide bonds. The molecule has 4 nitrogen and oxygen atoms in total. The predicted molar refractivity (Wildman–Crippen MR) is 85.6 cm³/mol. The van der Waals surface area contributed by atoms with Crippen LogP contribution in [0.15, 0.2) is 30.6 Å². The highest BCUT2D eigenvalue weighted by Crippen LogP contribution is 2.16. The van der Waals surface area contributed by atoms with Gasteiger partial charge < -0.3 is 9.64 Å². The van der Waals surface area contributed by atoms with Crippen molar-refractivity contribution in [1.82, 2.24) is 9.13 Å². The molecule has 0 radical (unpaired) electrons. The van der Waals surface area contributed by atoms with Crippen LogP contribution in [-0.4, -0.2) is 35.4 Å². The van der Waals surface area contributed by atoms with Gasteiger partial charge in [0, 0.05) is 12.4 Å². The Morgan fingerprint density at radius 1 is 1.19 bits per heavy atom. The molecule has 0 aliphatic carbocycles. The van der Waals surface area contributed by atoms with Crippen molar-refractivity contribution >= 4 is 12.2 Å². The van der Waals surface area contributed by atoms with Gasteiger partial charge in [0.05, 0.1) is 18.9 Å². The average molecular weight is 304 g/mol. The lowest BCUT2D eigenvalue weighted by molar-refractivity contribution is -0.930. The molecule has 0 saturated carbocycles. The third-order valence-electron chi connectivity index (χ3n) is 4.05. The van der Waals surface area contributed by atoms with Crippen molar-refractivity contribution in [3.8, 4) is 5.69 Å². The number of imidazole rings is 1. The second kappa shape index (κ2) is 6.13. The number of benzene rings is 1. The van der Waals surface area contributed by atoms with Gasteiger partial charge in [-0.25, -0.2) is 0 Å². The van der Waals surface area contributed by atoms with Crippen LogP contribution < -0.4 is 4.90 Å². The monoisotopic (exact) mass is 304 g/mol. The maximum absolute atomic E-state index is 5.65. The molecule has 1 aliphatic rings. The van der Waals surface area contributed by atoms with Gasteiger partial charge >= 0.3 is 0 Å². The van der Waals surface area contributed by atoms with Gasteiger partial charge in [0.15, 0.2) is 11.4 Å². The smallest absolute Gasteiger partial charge is 0.188 e. The number of ether oxygens (including phenoxy) is 1. The van der Waals surface area contributed by atoms with Crippen molar-refractivity contribution in [2.45, 2.75) is 20.5 Å². The van der Waals surface area contributed by atoms with Crippen LogP contribution in [0.4, 0.5) is 0 Å². The maximum Gasteiger partial charge on any atom is 0.188 e. The van der Waals surface area contributed by atoms with Crippen LogP contribution in [0, 0.1) is 18.6 Å². The SMILES string of the molecule is Cc1ccc(-n2ccn(C[NH+]3CCOCC3)c2=S)c(C)c1. The van der Waals surface area contributed by atoms with E-state index >= 15 is 0 Å². The van der Waals surface area contributed by atoms with Gasteiger partial charge in [-0.3, -0.25) is 9.13 Å². The molecule has 0 spiro atoms. The van der Waals surface area contributed by atoms with Crippen LogP contribution >= 0.6 is 12.2 Å². The second-order valence-electron chi connectivity index (χ2n) is 5.73. The fraction of sp³-hybridized carbons (Fsp3) is 0.438. The summed E-state index contributed by atoms with van der Waals surface area (Å²) in [4.78, 5) is 1.52. The van der Waals surface area contributed by atoms with E-state index in [1.54, 1.807) is 0 Å². The Balaban J connectivity index is 1.86. The number of nitrogens with one attached hydrogen (secondary N) is 1. The summed E-state index contributed by atoms with van der Waals surface area (Å²) in [6.07, 6.45) is 4.16. The summed E-state index contributed by atoms with van der Waals surface area (Å²) < 4.78 is 10.5. The number of hydrogen-bond donors (Lipinski definition) is 1. The highest BCUT2D eigenvalue weighted by atomic mass is 32.1. The summed E-state index contributed by atoms with van der Waals surface area (Å²) in [6, 6.07) is 6.47. The molecule has 1 N–H and O–H groups in total. The first-order valence-electron chi connectivity index (χ1n) is 7.42. The van der Waals surface area contributed by atoms with E-state index in [9.17, 15) is 0 Å². The van der Waals surface area contributed by atoms with Crippen LogP contribution in [0.2, 0.25) is 0 Å². The van der Waals surface area contributed by atoms with E-state index in [2.05, 4.69) is 53.6 Å². The minimum Gasteiger partial charge on any atom is -0.370 e. The first-order valence-corrected chi connectivity index (χ1v) is 7.83. The third-order valence-corrected chi connectivity index (χ3v) is 4.48. The molecule has 21 heavy (non-hydrogen) atoms. The molecule has 1 saturated heterocycles. The van der Waals surface area contributed by atoms with Gasteiger partial charge in [0.1, 0.15) is 13.1 Å². The van der Waals surface area contributed by atoms with E-state index in [4.69, 9.17) is 17.0 Å². The lowest BCUT2D eigenvalue weighted by Gasteiger charge is -2.23. The molecular formula is C16H22N3OS+. The second-order valence-corrected chi connectivity index (χ2v) is 6.10. The van der Waals surface area contributed by atoms with Crippen LogP contribution in [0.1, 0.15) is 11.1 Å². The van der Waals surface area contributed by atoms with Crippen molar-refractivity contribution < 1.29 is 9.64 Å². The highest BCUT2D eigenvalue weighted by molar-refractivity contribution is 7.71. The molecule has 1 aliphatic heterocycles. The van der Waals surface area contributed by atoms with E-state index in [1.807, 2.05) is 0 Å². The molecule has 2 heterocycles. The molecule has 1 aromatic carbocycles. The standard InChI is InChI=1S/C16H21N3OS/c1-13-3-4-15(14(2)11-13)19-6-5-18(16(19)21)12-17-7-9-20-10-8-17/h3-6,11H,7-10,12H2,1-2H3/p+1. The third kappa shape index (κ3) is 3.10. The molecule has 2 aromatic rings. The van der Waals surface area contributed by atoms with E-state index < -0.39 is 0 Å². The van der Waals surface area contributed by atoms with E-state index in [1.165, 1.54) is 21.7 Å². The van der Waals surface area contributed by atoms with Gasteiger partial charge in [-0.15, -0.1) is 0 Å². The zero-order valence-electron chi connectivity index (χ0n) is 12.6. The van der Waals surface area contributed by atoms with E-state index in [-0.39, 0.29) is 0 Å². The lowest BCUT2D eigenvalue weighted by Crippen LogP contribution is -3.13. The molecule has 0 bridgehead atoms. The summed E-state index contributed by atoms with van der Waals surface area (Å²) in [7, 11) is 0. The van der Waals surface area contributed by atoms with Crippen LogP contribution in [0.3, 0.4) is 0 Å².